The van der Waals surface area contributed by atoms with Crippen LogP contribution < -0.4 is 16.0 Å². The number of hydrogen-bond donors (Lipinski definition) is 3. The fourth-order valence-corrected chi connectivity index (χ4v) is 3.37. The zero-order chi connectivity index (χ0) is 16.4. The molecule has 1 saturated heterocycles. The second-order valence-corrected chi connectivity index (χ2v) is 6.31. The van der Waals surface area contributed by atoms with Crippen molar-refractivity contribution in [2.24, 2.45) is 5.92 Å². The van der Waals surface area contributed by atoms with E-state index in [0.29, 0.717) is 25.7 Å². The van der Waals surface area contributed by atoms with Crippen molar-refractivity contribution in [1.29, 1.82) is 0 Å². The standard InChI is InChI=1S/C17H21N3O3/c1-2-11-4-3-5-13(10-11)18-14(21)12-6-8-17(9-7-12)15(22)19-16(23)20-17/h3-5,10,12H,2,6-9H2,1H3,(H,18,21)(H2,19,20,22,23). The van der Waals surface area contributed by atoms with Crippen molar-refractivity contribution in [2.75, 3.05) is 5.32 Å². The van der Waals surface area contributed by atoms with Crippen LogP contribution in [0.4, 0.5) is 10.5 Å². The third-order valence-electron chi connectivity index (χ3n) is 4.83. The van der Waals surface area contributed by atoms with Crippen molar-refractivity contribution in [3.05, 3.63) is 29.8 Å². The fraction of sp³-hybridized carbons (Fsp3) is 0.471. The Morgan fingerprint density at radius 1 is 1.30 bits per heavy atom. The summed E-state index contributed by atoms with van der Waals surface area (Å²) in [7, 11) is 0. The molecule has 1 heterocycles. The van der Waals surface area contributed by atoms with Crippen molar-refractivity contribution in [3.8, 4) is 0 Å². The second-order valence-electron chi connectivity index (χ2n) is 6.31. The van der Waals surface area contributed by atoms with E-state index in [0.717, 1.165) is 12.1 Å². The van der Waals surface area contributed by atoms with Crippen LogP contribution >= 0.6 is 0 Å². The molecule has 0 aromatic heterocycles. The lowest BCUT2D eigenvalue weighted by atomic mass is 9.76. The molecule has 3 rings (SSSR count). The molecular weight excluding hydrogens is 294 g/mol. The molecule has 4 amide bonds. The number of carbonyl (C=O) groups excluding carboxylic acids is 3. The van der Waals surface area contributed by atoms with Gasteiger partial charge in [0.25, 0.3) is 5.91 Å². The Labute approximate surface area is 135 Å². The van der Waals surface area contributed by atoms with Crippen molar-refractivity contribution in [2.45, 2.75) is 44.6 Å². The van der Waals surface area contributed by atoms with Gasteiger partial charge < -0.3 is 10.6 Å². The fourth-order valence-electron chi connectivity index (χ4n) is 3.37. The minimum Gasteiger partial charge on any atom is -0.326 e. The number of imide groups is 1. The Hall–Kier alpha value is -2.37. The lowest BCUT2D eigenvalue weighted by Crippen LogP contribution is -2.50. The molecule has 1 aromatic rings. The first kappa shape index (κ1) is 15.5. The molecular formula is C17H21N3O3. The highest BCUT2D eigenvalue weighted by Gasteiger charge is 2.48. The zero-order valence-electron chi connectivity index (χ0n) is 13.1. The largest absolute Gasteiger partial charge is 0.326 e. The van der Waals surface area contributed by atoms with Gasteiger partial charge in [0.15, 0.2) is 0 Å². The molecule has 6 heteroatoms. The summed E-state index contributed by atoms with van der Waals surface area (Å²) >= 11 is 0. The molecule has 23 heavy (non-hydrogen) atoms. The first-order valence-electron chi connectivity index (χ1n) is 8.06. The van der Waals surface area contributed by atoms with Crippen LogP contribution in [0.25, 0.3) is 0 Å². The zero-order valence-corrected chi connectivity index (χ0v) is 13.1. The first-order valence-corrected chi connectivity index (χ1v) is 8.06. The van der Waals surface area contributed by atoms with Crippen LogP contribution in [0.3, 0.4) is 0 Å². The number of anilines is 1. The number of amides is 4. The highest BCUT2D eigenvalue weighted by Crippen LogP contribution is 2.34. The smallest absolute Gasteiger partial charge is 0.322 e. The molecule has 122 valence electrons. The molecule has 0 atom stereocenters. The van der Waals surface area contributed by atoms with Gasteiger partial charge in [0.05, 0.1) is 0 Å². The van der Waals surface area contributed by atoms with Crippen molar-refractivity contribution in [1.82, 2.24) is 10.6 Å². The number of aryl methyl sites for hydroxylation is 1. The van der Waals surface area contributed by atoms with Crippen LogP contribution in [0.15, 0.2) is 24.3 Å². The van der Waals surface area contributed by atoms with Crippen LogP contribution in [-0.4, -0.2) is 23.4 Å². The molecule has 3 N–H and O–H groups in total. The normalized spacial score (nSPS) is 26.7. The predicted octanol–water partition coefficient (Wildman–Crippen LogP) is 1.96. The van der Waals surface area contributed by atoms with Gasteiger partial charge in [-0.1, -0.05) is 19.1 Å². The lowest BCUT2D eigenvalue weighted by Gasteiger charge is -2.33. The van der Waals surface area contributed by atoms with Crippen LogP contribution in [-0.2, 0) is 16.0 Å². The maximum absolute atomic E-state index is 12.4. The topological polar surface area (TPSA) is 87.3 Å². The Balaban J connectivity index is 1.60. The first-order chi connectivity index (χ1) is 11.0. The van der Waals surface area contributed by atoms with Gasteiger partial charge in [-0.2, -0.15) is 0 Å². The quantitative estimate of drug-likeness (QED) is 0.745. The Morgan fingerprint density at radius 3 is 2.65 bits per heavy atom. The summed E-state index contributed by atoms with van der Waals surface area (Å²) in [4.78, 5) is 35.6. The van der Waals surface area contributed by atoms with E-state index < -0.39 is 11.6 Å². The average molecular weight is 315 g/mol. The van der Waals surface area contributed by atoms with Crippen LogP contribution in [0.5, 0.6) is 0 Å². The number of urea groups is 1. The van der Waals surface area contributed by atoms with Crippen molar-refractivity contribution < 1.29 is 14.4 Å². The van der Waals surface area contributed by atoms with Gasteiger partial charge in [0.1, 0.15) is 5.54 Å². The number of benzene rings is 1. The molecule has 1 aromatic carbocycles. The summed E-state index contributed by atoms with van der Waals surface area (Å²) in [5.74, 6) is -0.411. The number of carbonyl (C=O) groups is 3. The summed E-state index contributed by atoms with van der Waals surface area (Å²) in [6, 6.07) is 7.39. The Bertz CT molecular complexity index is 648. The highest BCUT2D eigenvalue weighted by molar-refractivity contribution is 6.07. The maximum atomic E-state index is 12.4. The lowest BCUT2D eigenvalue weighted by molar-refractivity contribution is -0.128. The van der Waals surface area contributed by atoms with Crippen LogP contribution in [0.1, 0.15) is 38.2 Å². The van der Waals surface area contributed by atoms with Crippen molar-refractivity contribution >= 4 is 23.5 Å². The van der Waals surface area contributed by atoms with E-state index in [1.54, 1.807) is 0 Å². The van der Waals surface area contributed by atoms with E-state index in [1.807, 2.05) is 24.3 Å². The molecule has 1 spiro atoms. The number of hydrogen-bond acceptors (Lipinski definition) is 3. The van der Waals surface area contributed by atoms with Gasteiger partial charge in [-0.15, -0.1) is 0 Å². The summed E-state index contributed by atoms with van der Waals surface area (Å²) in [5.41, 5.74) is 1.17. The minimum absolute atomic E-state index is 0.0159. The average Bonchev–Trinajstić information content (AvgIpc) is 2.81. The van der Waals surface area contributed by atoms with E-state index in [4.69, 9.17) is 0 Å². The van der Waals surface area contributed by atoms with Gasteiger partial charge in [-0.3, -0.25) is 14.9 Å². The molecule has 1 aliphatic carbocycles. The number of nitrogens with one attached hydrogen (secondary N) is 3. The predicted molar refractivity (Wildman–Crippen MR) is 85.8 cm³/mol. The molecule has 1 aliphatic heterocycles. The minimum atomic E-state index is -0.810. The van der Waals surface area contributed by atoms with E-state index in [1.165, 1.54) is 5.56 Å². The van der Waals surface area contributed by atoms with E-state index in [2.05, 4.69) is 22.9 Å². The van der Waals surface area contributed by atoms with Crippen molar-refractivity contribution in [3.63, 3.8) is 0 Å². The number of rotatable bonds is 3. The molecule has 0 radical (unpaired) electrons. The monoisotopic (exact) mass is 315 g/mol. The van der Waals surface area contributed by atoms with Crippen LogP contribution in [0.2, 0.25) is 0 Å². The molecule has 2 aliphatic rings. The molecule has 0 bridgehead atoms. The third kappa shape index (κ3) is 3.06. The Morgan fingerprint density at radius 2 is 2.04 bits per heavy atom. The van der Waals surface area contributed by atoms with Gasteiger partial charge in [0, 0.05) is 11.6 Å². The van der Waals surface area contributed by atoms with Crippen LogP contribution in [0, 0.1) is 5.92 Å². The molecule has 1 saturated carbocycles. The molecule has 2 fully saturated rings. The van der Waals surface area contributed by atoms with Gasteiger partial charge in [-0.05, 0) is 49.8 Å². The summed E-state index contributed by atoms with van der Waals surface area (Å²) in [6.45, 7) is 2.07. The van der Waals surface area contributed by atoms with Gasteiger partial charge >= 0.3 is 6.03 Å². The maximum Gasteiger partial charge on any atom is 0.322 e. The second kappa shape index (κ2) is 6.02. The summed E-state index contributed by atoms with van der Waals surface area (Å²) in [5, 5.41) is 7.95. The van der Waals surface area contributed by atoms with Gasteiger partial charge in [-0.25, -0.2) is 4.79 Å². The molecule has 0 unspecified atom stereocenters. The van der Waals surface area contributed by atoms with E-state index in [-0.39, 0.29) is 17.7 Å². The highest BCUT2D eigenvalue weighted by atomic mass is 16.2. The SMILES string of the molecule is CCc1cccc(NC(=O)C2CCC3(CC2)NC(=O)NC3=O)c1. The summed E-state index contributed by atoms with van der Waals surface area (Å²) in [6.07, 6.45) is 3.10. The van der Waals surface area contributed by atoms with E-state index in [9.17, 15) is 14.4 Å². The molecule has 6 nitrogen and oxygen atoms in total. The summed E-state index contributed by atoms with van der Waals surface area (Å²) < 4.78 is 0. The van der Waals surface area contributed by atoms with E-state index >= 15 is 0 Å². The Kier molecular flexibility index (Phi) is 4.07. The van der Waals surface area contributed by atoms with Gasteiger partial charge in [0.2, 0.25) is 5.91 Å². The third-order valence-corrected chi connectivity index (χ3v) is 4.83.